The van der Waals surface area contributed by atoms with Gasteiger partial charge in [0.1, 0.15) is 5.75 Å². The third kappa shape index (κ3) is 5.84. The third-order valence-corrected chi connectivity index (χ3v) is 5.10. The highest BCUT2D eigenvalue weighted by Crippen LogP contribution is 2.34. The predicted molar refractivity (Wildman–Crippen MR) is 115 cm³/mol. The molecule has 0 unspecified atom stereocenters. The monoisotopic (exact) mass is 437 g/mol. The zero-order chi connectivity index (χ0) is 20.1. The van der Waals surface area contributed by atoms with Crippen molar-refractivity contribution in [3.8, 4) is 17.2 Å². The Morgan fingerprint density at radius 2 is 2.07 bits per heavy atom. The number of nitrogens with one attached hydrogen (secondary N) is 2. The number of halogens is 1. The van der Waals surface area contributed by atoms with Gasteiger partial charge in [0.15, 0.2) is 0 Å². The summed E-state index contributed by atoms with van der Waals surface area (Å²) in [6, 6.07) is 5.79. The van der Waals surface area contributed by atoms with Gasteiger partial charge in [0.05, 0.1) is 25.9 Å². The number of benzene rings is 1. The van der Waals surface area contributed by atoms with Crippen LogP contribution in [0.5, 0.6) is 5.75 Å². The zero-order valence-corrected chi connectivity index (χ0v) is 17.9. The molecule has 2 aromatic rings. The fourth-order valence-corrected chi connectivity index (χ4v) is 3.26. The number of hydrogen-bond donors (Lipinski definition) is 2. The molecule has 2 N–H and O–H groups in total. The molecule has 10 heteroatoms. The highest BCUT2D eigenvalue weighted by atomic mass is 35.5. The van der Waals surface area contributed by atoms with Gasteiger partial charge >= 0.3 is 6.01 Å². The van der Waals surface area contributed by atoms with Gasteiger partial charge in [-0.1, -0.05) is 5.10 Å². The van der Waals surface area contributed by atoms with Crippen LogP contribution < -0.4 is 15.4 Å². The average Bonchev–Trinajstić information content (AvgIpc) is 3.51. The molecule has 1 aromatic heterocycles. The molecule has 2 heterocycles. The van der Waals surface area contributed by atoms with Crippen molar-refractivity contribution in [2.24, 2.45) is 5.92 Å². The van der Waals surface area contributed by atoms with Crippen molar-refractivity contribution >= 4 is 30.0 Å². The molecule has 1 aliphatic carbocycles. The van der Waals surface area contributed by atoms with Gasteiger partial charge in [0, 0.05) is 37.3 Å². The SMILES string of the molecule is COc1cc(NC(=O)C2CC2)ccc1-c1nnc(NCCCN2CCOCC2)o1.Cl. The summed E-state index contributed by atoms with van der Waals surface area (Å²) in [6.45, 7) is 5.36. The van der Waals surface area contributed by atoms with E-state index < -0.39 is 0 Å². The van der Waals surface area contributed by atoms with Gasteiger partial charge in [0.25, 0.3) is 5.89 Å². The van der Waals surface area contributed by atoms with Crippen LogP contribution in [-0.4, -0.2) is 67.5 Å². The molecular weight excluding hydrogens is 410 g/mol. The summed E-state index contributed by atoms with van der Waals surface area (Å²) in [6.07, 6.45) is 2.91. The van der Waals surface area contributed by atoms with Crippen LogP contribution in [0, 0.1) is 5.92 Å². The van der Waals surface area contributed by atoms with E-state index in [1.54, 1.807) is 13.2 Å². The molecule has 9 nitrogen and oxygen atoms in total. The number of hydrogen-bond acceptors (Lipinski definition) is 8. The van der Waals surface area contributed by atoms with Crippen LogP contribution in [-0.2, 0) is 9.53 Å². The molecule has 1 saturated carbocycles. The normalized spacial score (nSPS) is 16.6. The lowest BCUT2D eigenvalue weighted by Gasteiger charge is -2.26. The average molecular weight is 438 g/mol. The minimum absolute atomic E-state index is 0. The van der Waals surface area contributed by atoms with Gasteiger partial charge in [-0.2, -0.15) is 0 Å². The van der Waals surface area contributed by atoms with Crippen molar-refractivity contribution in [3.05, 3.63) is 18.2 Å². The van der Waals surface area contributed by atoms with Gasteiger partial charge in [-0.05, 0) is 37.9 Å². The summed E-state index contributed by atoms with van der Waals surface area (Å²) in [5.41, 5.74) is 1.38. The molecule has 164 valence electrons. The minimum Gasteiger partial charge on any atom is -0.496 e. The van der Waals surface area contributed by atoms with Gasteiger partial charge < -0.3 is 24.5 Å². The van der Waals surface area contributed by atoms with E-state index in [-0.39, 0.29) is 24.2 Å². The maximum absolute atomic E-state index is 11.9. The quantitative estimate of drug-likeness (QED) is 0.577. The van der Waals surface area contributed by atoms with Gasteiger partial charge in [-0.3, -0.25) is 9.69 Å². The number of anilines is 2. The van der Waals surface area contributed by atoms with Gasteiger partial charge in [0.2, 0.25) is 5.91 Å². The fourth-order valence-electron chi connectivity index (χ4n) is 3.26. The molecule has 2 fully saturated rings. The molecule has 30 heavy (non-hydrogen) atoms. The van der Waals surface area contributed by atoms with E-state index in [1.807, 2.05) is 12.1 Å². The number of methoxy groups -OCH3 is 1. The van der Waals surface area contributed by atoms with Crippen molar-refractivity contribution in [1.29, 1.82) is 0 Å². The van der Waals surface area contributed by atoms with E-state index in [0.29, 0.717) is 28.9 Å². The number of amides is 1. The van der Waals surface area contributed by atoms with Crippen LogP contribution >= 0.6 is 12.4 Å². The first-order valence-corrected chi connectivity index (χ1v) is 10.1. The Balaban J connectivity index is 0.00000256. The lowest BCUT2D eigenvalue weighted by atomic mass is 10.1. The molecule has 1 amide bonds. The third-order valence-electron chi connectivity index (χ3n) is 5.10. The van der Waals surface area contributed by atoms with Crippen LogP contribution in [0.15, 0.2) is 22.6 Å². The van der Waals surface area contributed by atoms with Gasteiger partial charge in [-0.25, -0.2) is 0 Å². The van der Waals surface area contributed by atoms with E-state index in [2.05, 4.69) is 25.7 Å². The molecule has 1 aliphatic heterocycles. The van der Waals surface area contributed by atoms with E-state index in [0.717, 1.165) is 58.7 Å². The molecular formula is C20H28ClN5O4. The maximum atomic E-state index is 11.9. The Kier molecular flexibility index (Phi) is 7.89. The fraction of sp³-hybridized carbons (Fsp3) is 0.550. The molecule has 1 aromatic carbocycles. The molecule has 1 saturated heterocycles. The number of rotatable bonds is 9. The van der Waals surface area contributed by atoms with Crippen LogP contribution in [0.1, 0.15) is 19.3 Å². The lowest BCUT2D eigenvalue weighted by Crippen LogP contribution is -2.37. The molecule has 2 aliphatic rings. The lowest BCUT2D eigenvalue weighted by molar-refractivity contribution is -0.117. The number of morpholine rings is 1. The zero-order valence-electron chi connectivity index (χ0n) is 17.1. The summed E-state index contributed by atoms with van der Waals surface area (Å²) in [7, 11) is 1.58. The predicted octanol–water partition coefficient (Wildman–Crippen LogP) is 2.65. The van der Waals surface area contributed by atoms with E-state index in [1.165, 1.54) is 0 Å². The number of ether oxygens (including phenoxy) is 2. The molecule has 0 atom stereocenters. The summed E-state index contributed by atoms with van der Waals surface area (Å²) in [4.78, 5) is 14.3. The molecule has 0 radical (unpaired) electrons. The van der Waals surface area contributed by atoms with E-state index in [9.17, 15) is 4.79 Å². The maximum Gasteiger partial charge on any atom is 0.315 e. The Bertz CT molecular complexity index is 836. The van der Waals surface area contributed by atoms with Crippen LogP contribution in [0.2, 0.25) is 0 Å². The van der Waals surface area contributed by atoms with Crippen molar-refractivity contribution < 1.29 is 18.7 Å². The number of nitrogens with zero attached hydrogens (tertiary/aromatic N) is 3. The summed E-state index contributed by atoms with van der Waals surface area (Å²) < 4.78 is 16.6. The second-order valence-electron chi connectivity index (χ2n) is 7.33. The topological polar surface area (TPSA) is 102 Å². The number of aromatic nitrogens is 2. The number of carbonyl (C=O) groups excluding carboxylic acids is 1. The van der Waals surface area contributed by atoms with Crippen LogP contribution in [0.4, 0.5) is 11.7 Å². The summed E-state index contributed by atoms with van der Waals surface area (Å²) in [5, 5.41) is 14.3. The van der Waals surface area contributed by atoms with Gasteiger partial charge in [-0.15, -0.1) is 17.5 Å². The van der Waals surface area contributed by atoms with Crippen molar-refractivity contribution in [2.75, 3.05) is 57.1 Å². The molecule has 0 bridgehead atoms. The Labute approximate surface area is 181 Å². The Morgan fingerprint density at radius 1 is 1.27 bits per heavy atom. The molecule has 0 spiro atoms. The largest absolute Gasteiger partial charge is 0.496 e. The summed E-state index contributed by atoms with van der Waals surface area (Å²) >= 11 is 0. The summed E-state index contributed by atoms with van der Waals surface area (Å²) in [5.74, 6) is 1.15. The first-order valence-electron chi connectivity index (χ1n) is 10.1. The van der Waals surface area contributed by atoms with Crippen LogP contribution in [0.25, 0.3) is 11.5 Å². The second kappa shape index (κ2) is 10.6. The van der Waals surface area contributed by atoms with E-state index in [4.69, 9.17) is 13.9 Å². The highest BCUT2D eigenvalue weighted by molar-refractivity contribution is 5.94. The first kappa shape index (κ1) is 22.3. The van der Waals surface area contributed by atoms with Crippen molar-refractivity contribution in [2.45, 2.75) is 19.3 Å². The molecule has 4 rings (SSSR count). The first-order chi connectivity index (χ1) is 14.2. The van der Waals surface area contributed by atoms with E-state index >= 15 is 0 Å². The Hall–Kier alpha value is -2.36. The highest BCUT2D eigenvalue weighted by Gasteiger charge is 2.29. The second-order valence-corrected chi connectivity index (χ2v) is 7.33. The Morgan fingerprint density at radius 3 is 2.80 bits per heavy atom. The number of carbonyl (C=O) groups is 1. The minimum atomic E-state index is 0. The van der Waals surface area contributed by atoms with Crippen LogP contribution in [0.3, 0.4) is 0 Å². The standard InChI is InChI=1S/C20H27N5O4.ClH/c1-27-17-13-15(22-18(26)14-3-4-14)5-6-16(17)19-23-24-20(29-19)21-7-2-8-25-9-11-28-12-10-25;/h5-6,13-14H,2-4,7-12H2,1H3,(H,21,24)(H,22,26);1H. The van der Waals surface area contributed by atoms with Crippen molar-refractivity contribution in [1.82, 2.24) is 15.1 Å². The van der Waals surface area contributed by atoms with Crippen molar-refractivity contribution in [3.63, 3.8) is 0 Å². The smallest absolute Gasteiger partial charge is 0.315 e.